The average Bonchev–Trinajstić information content (AvgIpc) is 2.53. The van der Waals surface area contributed by atoms with Gasteiger partial charge in [-0.2, -0.15) is 0 Å². The van der Waals surface area contributed by atoms with Crippen molar-refractivity contribution < 1.29 is 9.59 Å². The van der Waals surface area contributed by atoms with E-state index in [1.807, 2.05) is 30.3 Å². The fraction of sp³-hybridized carbons (Fsp3) is 0.0625. The highest BCUT2D eigenvalue weighted by Gasteiger charge is 2.03. The molecule has 0 aliphatic carbocycles. The second kappa shape index (κ2) is 7.59. The number of pyridine rings is 1. The number of aromatic nitrogens is 1. The number of carbonyl (C=O) groups excluding carboxylic acids is 2. The SMILES string of the molecule is O=C(/C=C/c1ccccc1)NCC(=O)Nc1cccnc1. The van der Waals surface area contributed by atoms with Crippen LogP contribution < -0.4 is 10.6 Å². The number of nitrogens with zero attached hydrogens (tertiary/aromatic N) is 1. The second-order valence-electron chi connectivity index (χ2n) is 4.25. The normalized spacial score (nSPS) is 10.3. The van der Waals surface area contributed by atoms with Crippen LogP contribution in [0, 0.1) is 0 Å². The van der Waals surface area contributed by atoms with Crippen LogP contribution in [0.4, 0.5) is 5.69 Å². The van der Waals surface area contributed by atoms with Gasteiger partial charge in [0.2, 0.25) is 11.8 Å². The van der Waals surface area contributed by atoms with E-state index in [-0.39, 0.29) is 18.4 Å². The summed E-state index contributed by atoms with van der Waals surface area (Å²) in [5.41, 5.74) is 1.52. The van der Waals surface area contributed by atoms with Gasteiger partial charge in [0.15, 0.2) is 0 Å². The third-order valence-corrected chi connectivity index (χ3v) is 2.60. The average molecular weight is 281 g/mol. The molecule has 2 amide bonds. The zero-order valence-corrected chi connectivity index (χ0v) is 11.3. The maximum atomic E-state index is 11.6. The first-order chi connectivity index (χ1) is 10.2. The largest absolute Gasteiger partial charge is 0.343 e. The first kappa shape index (κ1) is 14.5. The molecule has 0 aliphatic rings. The summed E-state index contributed by atoms with van der Waals surface area (Å²) >= 11 is 0. The van der Waals surface area contributed by atoms with Crippen LogP contribution in [0.25, 0.3) is 6.08 Å². The van der Waals surface area contributed by atoms with E-state index in [9.17, 15) is 9.59 Å². The molecule has 1 aromatic carbocycles. The molecule has 5 heteroatoms. The van der Waals surface area contributed by atoms with Crippen molar-refractivity contribution in [3.8, 4) is 0 Å². The Bertz CT molecular complexity index is 624. The van der Waals surface area contributed by atoms with E-state index in [2.05, 4.69) is 15.6 Å². The van der Waals surface area contributed by atoms with Crippen LogP contribution in [0.2, 0.25) is 0 Å². The van der Waals surface area contributed by atoms with E-state index in [0.29, 0.717) is 5.69 Å². The lowest BCUT2D eigenvalue weighted by atomic mass is 10.2. The van der Waals surface area contributed by atoms with Crippen LogP contribution >= 0.6 is 0 Å². The molecule has 0 unspecified atom stereocenters. The lowest BCUT2D eigenvalue weighted by Crippen LogP contribution is -2.31. The summed E-state index contributed by atoms with van der Waals surface area (Å²) in [7, 11) is 0. The summed E-state index contributed by atoms with van der Waals surface area (Å²) < 4.78 is 0. The van der Waals surface area contributed by atoms with Crippen molar-refractivity contribution in [2.45, 2.75) is 0 Å². The van der Waals surface area contributed by atoms with Gasteiger partial charge in [0.1, 0.15) is 0 Å². The number of nitrogens with one attached hydrogen (secondary N) is 2. The van der Waals surface area contributed by atoms with Crippen molar-refractivity contribution in [2.24, 2.45) is 0 Å². The van der Waals surface area contributed by atoms with Gasteiger partial charge in [0.25, 0.3) is 0 Å². The molecule has 0 spiro atoms. The molecule has 21 heavy (non-hydrogen) atoms. The van der Waals surface area contributed by atoms with Crippen LogP contribution in [0.1, 0.15) is 5.56 Å². The van der Waals surface area contributed by atoms with E-state index in [4.69, 9.17) is 0 Å². The third kappa shape index (κ3) is 5.28. The van der Waals surface area contributed by atoms with Crippen molar-refractivity contribution in [1.82, 2.24) is 10.3 Å². The number of hydrogen-bond donors (Lipinski definition) is 2. The number of rotatable bonds is 5. The lowest BCUT2D eigenvalue weighted by molar-refractivity contribution is -0.121. The topological polar surface area (TPSA) is 71.1 Å². The molecule has 0 saturated carbocycles. The molecular weight excluding hydrogens is 266 g/mol. The van der Waals surface area contributed by atoms with Gasteiger partial charge < -0.3 is 10.6 Å². The Morgan fingerprint density at radius 1 is 1.10 bits per heavy atom. The Labute approximate surface area is 122 Å². The predicted octanol–water partition coefficient (Wildman–Crippen LogP) is 1.85. The first-order valence-electron chi connectivity index (χ1n) is 6.45. The van der Waals surface area contributed by atoms with Crippen LogP contribution in [-0.4, -0.2) is 23.3 Å². The molecule has 5 nitrogen and oxygen atoms in total. The van der Waals surface area contributed by atoms with E-state index >= 15 is 0 Å². The maximum absolute atomic E-state index is 11.6. The summed E-state index contributed by atoms with van der Waals surface area (Å²) in [6.07, 6.45) is 6.24. The molecular formula is C16H15N3O2. The Kier molecular flexibility index (Phi) is 5.23. The summed E-state index contributed by atoms with van der Waals surface area (Å²) in [4.78, 5) is 27.1. The van der Waals surface area contributed by atoms with Crippen LogP contribution in [0.5, 0.6) is 0 Å². The molecule has 0 atom stereocenters. The fourth-order valence-corrected chi connectivity index (χ4v) is 1.60. The van der Waals surface area contributed by atoms with Crippen molar-refractivity contribution in [1.29, 1.82) is 0 Å². The van der Waals surface area contributed by atoms with Gasteiger partial charge in [-0.3, -0.25) is 14.6 Å². The monoisotopic (exact) mass is 281 g/mol. The number of carbonyl (C=O) groups is 2. The molecule has 0 bridgehead atoms. The van der Waals surface area contributed by atoms with Crippen LogP contribution in [0.3, 0.4) is 0 Å². The predicted molar refractivity (Wildman–Crippen MR) is 81.4 cm³/mol. The molecule has 0 saturated heterocycles. The maximum Gasteiger partial charge on any atom is 0.244 e. The Balaban J connectivity index is 1.76. The molecule has 1 heterocycles. The standard InChI is InChI=1S/C16H15N3O2/c20-15(9-8-13-5-2-1-3-6-13)18-12-16(21)19-14-7-4-10-17-11-14/h1-11H,12H2,(H,18,20)(H,19,21)/b9-8+. The molecule has 2 N–H and O–H groups in total. The van der Waals surface area contributed by atoms with Gasteiger partial charge in [-0.25, -0.2) is 0 Å². The van der Waals surface area contributed by atoms with Gasteiger partial charge >= 0.3 is 0 Å². The fourth-order valence-electron chi connectivity index (χ4n) is 1.60. The third-order valence-electron chi connectivity index (χ3n) is 2.60. The van der Waals surface area contributed by atoms with E-state index in [1.165, 1.54) is 12.3 Å². The van der Waals surface area contributed by atoms with Gasteiger partial charge in [-0.1, -0.05) is 30.3 Å². The number of amides is 2. The number of hydrogen-bond acceptors (Lipinski definition) is 3. The number of benzene rings is 1. The minimum Gasteiger partial charge on any atom is -0.343 e. The molecule has 0 aliphatic heterocycles. The molecule has 106 valence electrons. The van der Waals surface area contributed by atoms with Crippen molar-refractivity contribution in [3.63, 3.8) is 0 Å². The smallest absolute Gasteiger partial charge is 0.244 e. The van der Waals surface area contributed by atoms with Crippen molar-refractivity contribution >= 4 is 23.6 Å². The number of anilines is 1. The van der Waals surface area contributed by atoms with Gasteiger partial charge in [0, 0.05) is 12.3 Å². The molecule has 2 rings (SSSR count). The summed E-state index contributed by atoms with van der Waals surface area (Å²) in [5, 5.41) is 5.15. The van der Waals surface area contributed by atoms with Gasteiger partial charge in [-0.05, 0) is 23.8 Å². The zero-order valence-electron chi connectivity index (χ0n) is 11.3. The van der Waals surface area contributed by atoms with Crippen molar-refractivity contribution in [2.75, 3.05) is 11.9 Å². The summed E-state index contributed by atoms with van der Waals surface area (Å²) in [6, 6.07) is 12.9. The summed E-state index contributed by atoms with van der Waals surface area (Å²) in [6.45, 7) is -0.0904. The second-order valence-corrected chi connectivity index (χ2v) is 4.25. The van der Waals surface area contributed by atoms with E-state index in [1.54, 1.807) is 24.4 Å². The van der Waals surface area contributed by atoms with E-state index in [0.717, 1.165) is 5.56 Å². The van der Waals surface area contributed by atoms with Crippen molar-refractivity contribution in [3.05, 3.63) is 66.5 Å². The van der Waals surface area contributed by atoms with Crippen LogP contribution in [0.15, 0.2) is 60.9 Å². The van der Waals surface area contributed by atoms with E-state index < -0.39 is 0 Å². The lowest BCUT2D eigenvalue weighted by Gasteiger charge is -2.04. The zero-order chi connectivity index (χ0) is 14.9. The minimum atomic E-state index is -0.319. The highest BCUT2D eigenvalue weighted by Crippen LogP contribution is 2.02. The Morgan fingerprint density at radius 2 is 1.90 bits per heavy atom. The van der Waals surface area contributed by atoms with Crippen LogP contribution in [-0.2, 0) is 9.59 Å². The molecule has 0 radical (unpaired) electrons. The molecule has 1 aromatic heterocycles. The quantitative estimate of drug-likeness (QED) is 0.822. The van der Waals surface area contributed by atoms with Gasteiger partial charge in [-0.15, -0.1) is 0 Å². The van der Waals surface area contributed by atoms with Gasteiger partial charge in [0.05, 0.1) is 18.4 Å². The Hall–Kier alpha value is -2.95. The molecule has 0 fully saturated rings. The highest BCUT2D eigenvalue weighted by atomic mass is 16.2. The minimum absolute atomic E-state index is 0.0904. The summed E-state index contributed by atoms with van der Waals surface area (Å²) in [5.74, 6) is -0.621. The molecule has 2 aromatic rings. The first-order valence-corrected chi connectivity index (χ1v) is 6.45. The Morgan fingerprint density at radius 3 is 2.62 bits per heavy atom. The highest BCUT2D eigenvalue weighted by molar-refractivity contribution is 5.97.